The second kappa shape index (κ2) is 7.56. The number of methoxy groups -OCH3 is 1. The molecule has 0 aliphatic rings. The van der Waals surface area contributed by atoms with Crippen LogP contribution in [0.4, 0.5) is 0 Å². The van der Waals surface area contributed by atoms with Crippen LogP contribution in [-0.4, -0.2) is 19.0 Å². The lowest BCUT2D eigenvalue weighted by Crippen LogP contribution is -2.30. The average molecular weight is 310 g/mol. The highest BCUT2D eigenvalue weighted by Gasteiger charge is 2.31. The Morgan fingerprint density at radius 1 is 0.913 bits per heavy atom. The minimum Gasteiger partial charge on any atom is -0.380 e. The summed E-state index contributed by atoms with van der Waals surface area (Å²) in [6.45, 7) is 5.88. The van der Waals surface area contributed by atoms with Crippen molar-refractivity contribution in [1.29, 1.82) is 0 Å². The summed E-state index contributed by atoms with van der Waals surface area (Å²) in [4.78, 5) is 12.5. The first kappa shape index (κ1) is 17.4. The Hall–Kier alpha value is -1.93. The Morgan fingerprint density at radius 3 is 1.70 bits per heavy atom. The number of Topliss-reactive ketones (excluding diaryl/α,β-unsaturated/α-hetero) is 1. The molecule has 0 bridgehead atoms. The lowest BCUT2D eigenvalue weighted by atomic mass is 9.80. The molecule has 122 valence electrons. The molecule has 1 unspecified atom stereocenters. The van der Waals surface area contributed by atoms with Crippen LogP contribution in [0.5, 0.6) is 0 Å². The maximum absolute atomic E-state index is 12.5. The molecule has 2 nitrogen and oxygen atoms in total. The fourth-order valence-corrected chi connectivity index (χ4v) is 2.77. The number of hydrogen-bond acceptors (Lipinski definition) is 2. The van der Waals surface area contributed by atoms with Crippen molar-refractivity contribution in [2.45, 2.75) is 39.2 Å². The number of ketones is 1. The third-order valence-corrected chi connectivity index (χ3v) is 4.22. The van der Waals surface area contributed by atoms with Gasteiger partial charge in [-0.15, -0.1) is 0 Å². The topological polar surface area (TPSA) is 26.3 Å². The number of carbonyl (C=O) groups is 1. The maximum atomic E-state index is 12.5. The molecule has 0 aromatic heterocycles. The SMILES string of the molecule is COC(CC(=O)C(C)(C)C)C(c1ccccc1)c1ccccc1. The van der Waals surface area contributed by atoms with Crippen molar-refractivity contribution in [2.24, 2.45) is 5.41 Å². The van der Waals surface area contributed by atoms with E-state index in [1.165, 1.54) is 11.1 Å². The van der Waals surface area contributed by atoms with E-state index in [0.29, 0.717) is 6.42 Å². The van der Waals surface area contributed by atoms with Crippen molar-refractivity contribution >= 4 is 5.78 Å². The van der Waals surface area contributed by atoms with Crippen molar-refractivity contribution in [3.63, 3.8) is 0 Å². The fraction of sp³-hybridized carbons (Fsp3) is 0.381. The Morgan fingerprint density at radius 2 is 1.35 bits per heavy atom. The van der Waals surface area contributed by atoms with E-state index in [9.17, 15) is 4.79 Å². The molecule has 1 atom stereocenters. The summed E-state index contributed by atoms with van der Waals surface area (Å²) < 4.78 is 5.77. The standard InChI is InChI=1S/C21H26O2/c1-21(2,3)19(22)15-18(23-4)20(16-11-7-5-8-12-16)17-13-9-6-10-14-17/h5-14,18,20H,15H2,1-4H3. The van der Waals surface area contributed by atoms with Crippen LogP contribution in [-0.2, 0) is 9.53 Å². The van der Waals surface area contributed by atoms with Crippen LogP contribution in [0.15, 0.2) is 60.7 Å². The quantitative estimate of drug-likeness (QED) is 0.763. The molecule has 0 N–H and O–H groups in total. The van der Waals surface area contributed by atoms with Gasteiger partial charge in [-0.1, -0.05) is 81.4 Å². The second-order valence-corrected chi connectivity index (χ2v) is 6.95. The largest absolute Gasteiger partial charge is 0.380 e. The molecule has 0 saturated heterocycles. The highest BCUT2D eigenvalue weighted by molar-refractivity contribution is 5.84. The van der Waals surface area contributed by atoms with Gasteiger partial charge in [0.2, 0.25) is 0 Å². The third kappa shape index (κ3) is 4.52. The van der Waals surface area contributed by atoms with Crippen LogP contribution in [0.1, 0.15) is 44.2 Å². The highest BCUT2D eigenvalue weighted by Crippen LogP contribution is 2.33. The molecule has 2 aromatic carbocycles. The van der Waals surface area contributed by atoms with Gasteiger partial charge in [0.1, 0.15) is 5.78 Å². The predicted molar refractivity (Wildman–Crippen MR) is 94.6 cm³/mol. The van der Waals surface area contributed by atoms with E-state index in [-0.39, 0.29) is 23.2 Å². The summed E-state index contributed by atoms with van der Waals surface area (Å²) in [5.41, 5.74) is 1.99. The van der Waals surface area contributed by atoms with E-state index >= 15 is 0 Å². The fourth-order valence-electron chi connectivity index (χ4n) is 2.77. The molecule has 0 fully saturated rings. The third-order valence-electron chi connectivity index (χ3n) is 4.22. The Labute approximate surface area is 139 Å². The van der Waals surface area contributed by atoms with E-state index in [2.05, 4.69) is 24.3 Å². The predicted octanol–water partition coefficient (Wildman–Crippen LogP) is 4.84. The summed E-state index contributed by atoms with van der Waals surface area (Å²) in [5.74, 6) is 0.273. The van der Waals surface area contributed by atoms with Crippen molar-refractivity contribution in [1.82, 2.24) is 0 Å². The van der Waals surface area contributed by atoms with Crippen LogP contribution in [0.2, 0.25) is 0 Å². The molecular formula is C21H26O2. The van der Waals surface area contributed by atoms with E-state index in [1.54, 1.807) is 7.11 Å². The molecule has 2 aromatic rings. The average Bonchev–Trinajstić information content (AvgIpc) is 2.55. The zero-order valence-electron chi connectivity index (χ0n) is 14.5. The minimum absolute atomic E-state index is 0.0497. The van der Waals surface area contributed by atoms with Gasteiger partial charge in [0.05, 0.1) is 6.10 Å². The number of rotatable bonds is 6. The van der Waals surface area contributed by atoms with Crippen LogP contribution < -0.4 is 0 Å². The van der Waals surface area contributed by atoms with Gasteiger partial charge in [-0.05, 0) is 11.1 Å². The van der Waals surface area contributed by atoms with Crippen molar-refractivity contribution in [3.8, 4) is 0 Å². The van der Waals surface area contributed by atoms with E-state index < -0.39 is 0 Å². The van der Waals surface area contributed by atoms with E-state index in [0.717, 1.165) is 0 Å². The molecule has 2 heteroatoms. The van der Waals surface area contributed by atoms with Crippen LogP contribution in [0.3, 0.4) is 0 Å². The Kier molecular flexibility index (Phi) is 5.73. The summed E-state index contributed by atoms with van der Waals surface area (Å²) in [7, 11) is 1.69. The number of hydrogen-bond donors (Lipinski definition) is 0. The summed E-state index contributed by atoms with van der Waals surface area (Å²) in [6, 6.07) is 20.6. The van der Waals surface area contributed by atoms with Gasteiger partial charge in [0.15, 0.2) is 0 Å². The van der Waals surface area contributed by atoms with Gasteiger partial charge in [-0.3, -0.25) is 4.79 Å². The van der Waals surface area contributed by atoms with Crippen molar-refractivity contribution in [2.75, 3.05) is 7.11 Å². The molecule has 0 amide bonds. The van der Waals surface area contributed by atoms with Gasteiger partial charge < -0.3 is 4.74 Å². The van der Waals surface area contributed by atoms with Crippen LogP contribution in [0.25, 0.3) is 0 Å². The van der Waals surface area contributed by atoms with Crippen LogP contribution in [0, 0.1) is 5.41 Å². The van der Waals surface area contributed by atoms with E-state index in [4.69, 9.17) is 4.74 Å². The Balaban J connectivity index is 2.38. The molecule has 23 heavy (non-hydrogen) atoms. The molecule has 0 aliphatic heterocycles. The van der Waals surface area contributed by atoms with E-state index in [1.807, 2.05) is 57.2 Å². The summed E-state index contributed by atoms with van der Waals surface area (Å²) >= 11 is 0. The summed E-state index contributed by atoms with van der Waals surface area (Å²) in [5, 5.41) is 0. The molecule has 2 rings (SSSR count). The first-order chi connectivity index (χ1) is 10.9. The second-order valence-electron chi connectivity index (χ2n) is 6.95. The van der Waals surface area contributed by atoms with Gasteiger partial charge in [0.25, 0.3) is 0 Å². The zero-order chi connectivity index (χ0) is 16.9. The Bertz CT molecular complexity index is 572. The monoisotopic (exact) mass is 310 g/mol. The first-order valence-corrected chi connectivity index (χ1v) is 8.09. The molecule has 0 spiro atoms. The lowest BCUT2D eigenvalue weighted by Gasteiger charge is -2.29. The smallest absolute Gasteiger partial charge is 0.140 e. The lowest BCUT2D eigenvalue weighted by molar-refractivity contribution is -0.129. The molecule has 0 saturated carbocycles. The van der Waals surface area contributed by atoms with Gasteiger partial charge in [0, 0.05) is 24.9 Å². The maximum Gasteiger partial charge on any atom is 0.140 e. The van der Waals surface area contributed by atoms with Gasteiger partial charge in [-0.25, -0.2) is 0 Å². The summed E-state index contributed by atoms with van der Waals surface area (Å²) in [6.07, 6.45) is 0.237. The first-order valence-electron chi connectivity index (χ1n) is 8.09. The normalized spacial score (nSPS) is 13.1. The number of benzene rings is 2. The van der Waals surface area contributed by atoms with Crippen LogP contribution >= 0.6 is 0 Å². The van der Waals surface area contributed by atoms with Gasteiger partial charge >= 0.3 is 0 Å². The van der Waals surface area contributed by atoms with Gasteiger partial charge in [-0.2, -0.15) is 0 Å². The molecule has 0 radical (unpaired) electrons. The zero-order valence-corrected chi connectivity index (χ0v) is 14.5. The van der Waals surface area contributed by atoms with Crippen molar-refractivity contribution < 1.29 is 9.53 Å². The van der Waals surface area contributed by atoms with Crippen molar-refractivity contribution in [3.05, 3.63) is 71.8 Å². The number of carbonyl (C=O) groups excluding carboxylic acids is 1. The number of ether oxygens (including phenoxy) is 1. The minimum atomic E-state index is -0.352. The molecule has 0 aliphatic carbocycles. The highest BCUT2D eigenvalue weighted by atomic mass is 16.5. The molecular weight excluding hydrogens is 284 g/mol. The molecule has 0 heterocycles.